The van der Waals surface area contributed by atoms with Gasteiger partial charge in [-0.25, -0.2) is 8.42 Å². The Kier molecular flexibility index (Phi) is 9.09. The van der Waals surface area contributed by atoms with E-state index in [0.29, 0.717) is 11.5 Å². The second-order valence-corrected chi connectivity index (χ2v) is 11.6. The van der Waals surface area contributed by atoms with E-state index >= 15 is 0 Å². The molecular weight excluding hydrogens is 464 g/mol. The Hall–Kier alpha value is -2.09. The number of hydrogen-bond acceptors (Lipinski definition) is 6. The van der Waals surface area contributed by atoms with E-state index in [1.807, 2.05) is 13.8 Å². The molecule has 192 valence electrons. The van der Waals surface area contributed by atoms with E-state index in [0.717, 1.165) is 25.7 Å². The predicted octanol–water partition coefficient (Wildman–Crippen LogP) is 6.67. The number of benzene rings is 2. The van der Waals surface area contributed by atoms with Crippen LogP contribution in [0.3, 0.4) is 0 Å². The molecule has 2 aromatic rings. The van der Waals surface area contributed by atoms with Crippen LogP contribution in [0.25, 0.3) is 0 Å². The van der Waals surface area contributed by atoms with Crippen LogP contribution in [0.5, 0.6) is 11.5 Å². The normalized spacial score (nSPS) is 19.7. The Morgan fingerprint density at radius 2 is 0.943 bits per heavy atom. The lowest BCUT2D eigenvalue weighted by atomic mass is 9.98. The van der Waals surface area contributed by atoms with E-state index in [1.54, 1.807) is 48.5 Å². The van der Waals surface area contributed by atoms with Crippen molar-refractivity contribution in [3.8, 4) is 11.5 Å². The molecule has 0 amide bonds. The van der Waals surface area contributed by atoms with Crippen LogP contribution >= 0.6 is 0 Å². The standard InChI is InChI=1S/C28H38O6S/c1-21(31-23-9-5-3-6-10-23)33-25-13-17-27(18-14-25)35(29,30)28-19-15-26(16-20-28)34-22(2)32-24-11-7-4-8-12-24/h13-24H,3-12H2,1-2H3. The molecular formula is C28H38O6S. The van der Waals surface area contributed by atoms with Crippen LogP contribution in [0.15, 0.2) is 58.3 Å². The minimum Gasteiger partial charge on any atom is -0.465 e. The van der Waals surface area contributed by atoms with Crippen LogP contribution in [0, 0.1) is 0 Å². The molecule has 2 atom stereocenters. The van der Waals surface area contributed by atoms with Crippen molar-refractivity contribution in [1.29, 1.82) is 0 Å². The second-order valence-electron chi connectivity index (χ2n) is 9.61. The molecule has 0 saturated heterocycles. The summed E-state index contributed by atoms with van der Waals surface area (Å²) in [6.45, 7) is 3.76. The van der Waals surface area contributed by atoms with Crippen LogP contribution < -0.4 is 9.47 Å². The second kappa shape index (κ2) is 12.2. The van der Waals surface area contributed by atoms with Gasteiger partial charge in [-0.15, -0.1) is 0 Å². The largest absolute Gasteiger partial charge is 0.465 e. The Morgan fingerprint density at radius 1 is 0.600 bits per heavy atom. The first-order valence-electron chi connectivity index (χ1n) is 13.0. The average Bonchev–Trinajstić information content (AvgIpc) is 2.86. The lowest BCUT2D eigenvalue weighted by Gasteiger charge is -2.26. The van der Waals surface area contributed by atoms with Crippen molar-refractivity contribution >= 4 is 9.84 Å². The van der Waals surface area contributed by atoms with E-state index in [1.165, 1.54) is 38.5 Å². The summed E-state index contributed by atoms with van der Waals surface area (Å²) in [5, 5.41) is 0. The molecule has 0 heterocycles. The minimum atomic E-state index is -3.65. The third-order valence-electron chi connectivity index (χ3n) is 6.74. The van der Waals surface area contributed by atoms with Crippen molar-refractivity contribution in [3.05, 3.63) is 48.5 Å². The molecule has 0 N–H and O–H groups in total. The van der Waals surface area contributed by atoms with Crippen molar-refractivity contribution in [2.24, 2.45) is 0 Å². The van der Waals surface area contributed by atoms with Crippen molar-refractivity contribution in [2.75, 3.05) is 0 Å². The minimum absolute atomic E-state index is 0.216. The van der Waals surface area contributed by atoms with Crippen molar-refractivity contribution in [2.45, 2.75) is 113 Å². The summed E-state index contributed by atoms with van der Waals surface area (Å²) in [6, 6.07) is 13.0. The zero-order valence-electron chi connectivity index (χ0n) is 20.9. The zero-order chi connectivity index (χ0) is 24.7. The fourth-order valence-electron chi connectivity index (χ4n) is 4.91. The highest BCUT2D eigenvalue weighted by molar-refractivity contribution is 7.91. The summed E-state index contributed by atoms with van der Waals surface area (Å²) in [7, 11) is -3.65. The Balaban J connectivity index is 1.31. The lowest BCUT2D eigenvalue weighted by molar-refractivity contribution is -0.117. The smallest absolute Gasteiger partial charge is 0.206 e. The van der Waals surface area contributed by atoms with Gasteiger partial charge in [-0.05, 0) is 88.1 Å². The molecule has 0 spiro atoms. The van der Waals surface area contributed by atoms with Crippen LogP contribution in [-0.2, 0) is 19.3 Å². The maximum Gasteiger partial charge on any atom is 0.206 e. The van der Waals surface area contributed by atoms with Gasteiger partial charge in [0.05, 0.1) is 22.0 Å². The van der Waals surface area contributed by atoms with Gasteiger partial charge in [-0.3, -0.25) is 0 Å². The molecule has 0 aliphatic heterocycles. The summed E-state index contributed by atoms with van der Waals surface area (Å²) in [5.41, 5.74) is 0. The first kappa shape index (κ1) is 26.0. The Bertz CT molecular complexity index is 929. The van der Waals surface area contributed by atoms with Gasteiger partial charge in [0.25, 0.3) is 0 Å². The lowest BCUT2D eigenvalue weighted by Crippen LogP contribution is -2.26. The van der Waals surface area contributed by atoms with E-state index in [4.69, 9.17) is 18.9 Å². The summed E-state index contributed by atoms with van der Waals surface area (Å²) in [5.74, 6) is 1.17. The monoisotopic (exact) mass is 502 g/mol. The summed E-state index contributed by atoms with van der Waals surface area (Å²) in [6.07, 6.45) is 11.4. The van der Waals surface area contributed by atoms with Gasteiger partial charge in [0, 0.05) is 0 Å². The van der Waals surface area contributed by atoms with E-state index in [-0.39, 0.29) is 34.6 Å². The number of hydrogen-bond donors (Lipinski definition) is 0. The number of ether oxygens (including phenoxy) is 4. The average molecular weight is 503 g/mol. The van der Waals surface area contributed by atoms with E-state index < -0.39 is 9.84 Å². The summed E-state index contributed by atoms with van der Waals surface area (Å²) in [4.78, 5) is 0.432. The molecule has 2 unspecified atom stereocenters. The van der Waals surface area contributed by atoms with Crippen molar-refractivity contribution in [1.82, 2.24) is 0 Å². The van der Waals surface area contributed by atoms with Gasteiger partial charge in [0.2, 0.25) is 9.84 Å². The first-order chi connectivity index (χ1) is 16.9. The van der Waals surface area contributed by atoms with Gasteiger partial charge < -0.3 is 18.9 Å². The molecule has 0 aromatic heterocycles. The molecule has 4 rings (SSSR count). The van der Waals surface area contributed by atoms with Crippen LogP contribution in [-0.4, -0.2) is 33.2 Å². The molecule has 6 nitrogen and oxygen atoms in total. The zero-order valence-corrected chi connectivity index (χ0v) is 21.7. The van der Waals surface area contributed by atoms with Gasteiger partial charge in [-0.2, -0.15) is 0 Å². The number of sulfone groups is 1. The number of rotatable bonds is 10. The molecule has 2 aliphatic rings. The highest BCUT2D eigenvalue weighted by Crippen LogP contribution is 2.27. The maximum absolute atomic E-state index is 13.1. The predicted molar refractivity (Wildman–Crippen MR) is 134 cm³/mol. The third kappa shape index (κ3) is 7.45. The first-order valence-corrected chi connectivity index (χ1v) is 14.5. The van der Waals surface area contributed by atoms with Crippen LogP contribution in [0.4, 0.5) is 0 Å². The van der Waals surface area contributed by atoms with E-state index in [2.05, 4.69) is 0 Å². The quantitative estimate of drug-likeness (QED) is 0.338. The van der Waals surface area contributed by atoms with Crippen LogP contribution in [0.1, 0.15) is 78.1 Å². The Morgan fingerprint density at radius 3 is 1.29 bits per heavy atom. The van der Waals surface area contributed by atoms with Crippen LogP contribution in [0.2, 0.25) is 0 Å². The fraction of sp³-hybridized carbons (Fsp3) is 0.571. The van der Waals surface area contributed by atoms with Gasteiger partial charge in [0.15, 0.2) is 12.6 Å². The molecule has 2 aliphatic carbocycles. The van der Waals surface area contributed by atoms with Crippen molar-refractivity contribution in [3.63, 3.8) is 0 Å². The van der Waals surface area contributed by atoms with Gasteiger partial charge in [0.1, 0.15) is 11.5 Å². The highest BCUT2D eigenvalue weighted by atomic mass is 32.2. The summed E-state index contributed by atoms with van der Waals surface area (Å²) >= 11 is 0. The maximum atomic E-state index is 13.1. The fourth-order valence-corrected chi connectivity index (χ4v) is 6.18. The molecule has 35 heavy (non-hydrogen) atoms. The van der Waals surface area contributed by atoms with E-state index in [9.17, 15) is 8.42 Å². The molecule has 2 aromatic carbocycles. The molecule has 0 radical (unpaired) electrons. The highest BCUT2D eigenvalue weighted by Gasteiger charge is 2.21. The SMILES string of the molecule is CC(Oc1ccc(S(=O)(=O)c2ccc(OC(C)OC3CCCCC3)cc2)cc1)OC1CCCCC1. The van der Waals surface area contributed by atoms with Crippen molar-refractivity contribution < 1.29 is 27.4 Å². The molecule has 0 bridgehead atoms. The molecule has 2 saturated carbocycles. The molecule has 7 heteroatoms. The molecule has 2 fully saturated rings. The Labute approximate surface area is 209 Å². The van der Waals surface area contributed by atoms with Gasteiger partial charge in [-0.1, -0.05) is 38.5 Å². The van der Waals surface area contributed by atoms with Gasteiger partial charge >= 0.3 is 0 Å². The third-order valence-corrected chi connectivity index (χ3v) is 8.53. The topological polar surface area (TPSA) is 71.1 Å². The summed E-state index contributed by atoms with van der Waals surface area (Å²) < 4.78 is 49.9.